The summed E-state index contributed by atoms with van der Waals surface area (Å²) in [5, 5.41) is 2.97. The lowest BCUT2D eigenvalue weighted by Gasteiger charge is -2.38. The van der Waals surface area contributed by atoms with E-state index in [0.29, 0.717) is 31.1 Å². The summed E-state index contributed by atoms with van der Waals surface area (Å²) >= 11 is 0. The van der Waals surface area contributed by atoms with Crippen molar-refractivity contribution in [1.29, 1.82) is 0 Å². The molecule has 0 spiro atoms. The zero-order valence-electron chi connectivity index (χ0n) is 22.6. The second kappa shape index (κ2) is 11.6. The molecule has 5 heteroatoms. The fraction of sp³-hybridized carbons (Fsp3) is 0.375. The fourth-order valence-electron chi connectivity index (χ4n) is 4.86. The van der Waals surface area contributed by atoms with Gasteiger partial charge in [-0.1, -0.05) is 74.4 Å². The lowest BCUT2D eigenvalue weighted by molar-refractivity contribution is -0.134. The van der Waals surface area contributed by atoms with Crippen LogP contribution in [-0.2, 0) is 16.0 Å². The molecule has 37 heavy (non-hydrogen) atoms. The molecule has 0 bridgehead atoms. The summed E-state index contributed by atoms with van der Waals surface area (Å²) in [5.74, 6) is 0.925. The standard InChI is InChI=1S/C32H38N2O3/c1-6-29(32(36)33-26-14-9-23(5)10-15-26)37-27-16-13-24-17-18-34(30(35)19-21(2)3)31(28(24)20-27)25-11-7-22(4)8-12-25/h7-16,20-21,29,31H,6,17-19H2,1-5H3,(H,33,36)/t29-,31-/m1/s1. The summed E-state index contributed by atoms with van der Waals surface area (Å²) in [6, 6.07) is 22.0. The average molecular weight is 499 g/mol. The highest BCUT2D eigenvalue weighted by Gasteiger charge is 2.33. The van der Waals surface area contributed by atoms with Crippen molar-refractivity contribution < 1.29 is 14.3 Å². The fourth-order valence-corrected chi connectivity index (χ4v) is 4.86. The number of ether oxygens (including phenoxy) is 1. The SMILES string of the molecule is CC[C@@H](Oc1ccc2c(c1)[C@@H](c1ccc(C)cc1)N(C(=O)CC(C)C)CC2)C(=O)Nc1ccc(C)cc1. The first kappa shape index (κ1) is 26.5. The predicted octanol–water partition coefficient (Wildman–Crippen LogP) is 6.62. The number of carbonyl (C=O) groups excluding carboxylic acids is 2. The first-order valence-corrected chi connectivity index (χ1v) is 13.3. The number of nitrogens with zero attached hydrogens (tertiary/aromatic N) is 1. The number of rotatable bonds is 8. The van der Waals surface area contributed by atoms with Crippen molar-refractivity contribution in [3.05, 3.63) is 94.5 Å². The molecular formula is C32H38N2O3. The van der Waals surface area contributed by atoms with E-state index in [9.17, 15) is 9.59 Å². The van der Waals surface area contributed by atoms with Gasteiger partial charge >= 0.3 is 0 Å². The topological polar surface area (TPSA) is 58.6 Å². The molecule has 1 N–H and O–H groups in total. The monoisotopic (exact) mass is 498 g/mol. The van der Waals surface area contributed by atoms with Gasteiger partial charge in [0.1, 0.15) is 5.75 Å². The minimum Gasteiger partial charge on any atom is -0.481 e. The molecule has 0 saturated carbocycles. The van der Waals surface area contributed by atoms with E-state index in [0.717, 1.165) is 28.8 Å². The molecule has 5 nitrogen and oxygen atoms in total. The first-order valence-electron chi connectivity index (χ1n) is 13.3. The first-order chi connectivity index (χ1) is 17.7. The van der Waals surface area contributed by atoms with Gasteiger partial charge in [-0.2, -0.15) is 0 Å². The molecule has 1 aliphatic rings. The van der Waals surface area contributed by atoms with Crippen LogP contribution in [0.5, 0.6) is 5.75 Å². The van der Waals surface area contributed by atoms with E-state index in [4.69, 9.17) is 4.74 Å². The van der Waals surface area contributed by atoms with Gasteiger partial charge in [-0.3, -0.25) is 9.59 Å². The van der Waals surface area contributed by atoms with Gasteiger partial charge in [-0.25, -0.2) is 0 Å². The number of aryl methyl sites for hydroxylation is 2. The van der Waals surface area contributed by atoms with Crippen LogP contribution < -0.4 is 10.1 Å². The normalized spacial score (nSPS) is 15.7. The molecule has 2 atom stereocenters. The molecule has 0 unspecified atom stereocenters. The van der Waals surface area contributed by atoms with Crippen LogP contribution in [0.15, 0.2) is 66.7 Å². The molecule has 2 amide bonds. The lowest BCUT2D eigenvalue weighted by Crippen LogP contribution is -2.41. The molecule has 4 rings (SSSR count). The molecule has 0 fully saturated rings. The third-order valence-electron chi connectivity index (χ3n) is 6.90. The maximum atomic E-state index is 13.3. The Kier molecular flexibility index (Phi) is 8.32. The highest BCUT2D eigenvalue weighted by atomic mass is 16.5. The van der Waals surface area contributed by atoms with Gasteiger partial charge in [0.2, 0.25) is 5.91 Å². The molecule has 194 valence electrons. The second-order valence-electron chi connectivity index (χ2n) is 10.5. The van der Waals surface area contributed by atoms with Crippen LogP contribution in [0.1, 0.15) is 67.5 Å². The van der Waals surface area contributed by atoms with E-state index >= 15 is 0 Å². The molecular weight excluding hydrogens is 460 g/mol. The summed E-state index contributed by atoms with van der Waals surface area (Å²) in [4.78, 5) is 28.3. The number of benzene rings is 3. The molecule has 1 aliphatic heterocycles. The van der Waals surface area contributed by atoms with Crippen LogP contribution in [-0.4, -0.2) is 29.4 Å². The molecule has 0 aromatic heterocycles. The molecule has 3 aromatic rings. The van der Waals surface area contributed by atoms with Crippen molar-refractivity contribution in [3.63, 3.8) is 0 Å². The van der Waals surface area contributed by atoms with Crippen molar-refractivity contribution in [2.45, 2.75) is 66.0 Å². The Morgan fingerprint density at radius 3 is 2.24 bits per heavy atom. The van der Waals surface area contributed by atoms with Crippen molar-refractivity contribution >= 4 is 17.5 Å². The Morgan fingerprint density at radius 1 is 0.973 bits per heavy atom. The van der Waals surface area contributed by atoms with Gasteiger partial charge in [0.05, 0.1) is 6.04 Å². The minimum atomic E-state index is -0.626. The van der Waals surface area contributed by atoms with Crippen molar-refractivity contribution in [2.75, 3.05) is 11.9 Å². The van der Waals surface area contributed by atoms with Gasteiger partial charge in [0.15, 0.2) is 6.10 Å². The average Bonchev–Trinajstić information content (AvgIpc) is 2.88. The number of carbonyl (C=O) groups is 2. The Bertz CT molecular complexity index is 1230. The summed E-state index contributed by atoms with van der Waals surface area (Å²) in [6.45, 7) is 10.9. The molecule has 1 heterocycles. The smallest absolute Gasteiger partial charge is 0.265 e. The number of hydrogen-bond donors (Lipinski definition) is 1. The third kappa shape index (κ3) is 6.40. The maximum absolute atomic E-state index is 13.3. The molecule has 0 aliphatic carbocycles. The highest BCUT2D eigenvalue weighted by molar-refractivity contribution is 5.94. The second-order valence-corrected chi connectivity index (χ2v) is 10.5. The zero-order valence-corrected chi connectivity index (χ0v) is 22.6. The summed E-state index contributed by atoms with van der Waals surface area (Å²) < 4.78 is 6.24. The van der Waals surface area contributed by atoms with E-state index in [1.165, 1.54) is 11.1 Å². The van der Waals surface area contributed by atoms with Gasteiger partial charge in [0, 0.05) is 18.7 Å². The highest BCUT2D eigenvalue weighted by Crippen LogP contribution is 2.38. The van der Waals surface area contributed by atoms with Crippen LogP contribution in [0.3, 0.4) is 0 Å². The minimum absolute atomic E-state index is 0.168. The van der Waals surface area contributed by atoms with Gasteiger partial charge in [-0.15, -0.1) is 0 Å². The van der Waals surface area contributed by atoms with Crippen molar-refractivity contribution in [1.82, 2.24) is 4.90 Å². The summed E-state index contributed by atoms with van der Waals surface area (Å²) in [7, 11) is 0. The summed E-state index contributed by atoms with van der Waals surface area (Å²) in [6.07, 6.45) is 1.23. The number of nitrogens with one attached hydrogen (secondary N) is 1. The quantitative estimate of drug-likeness (QED) is 0.380. The van der Waals surface area contributed by atoms with E-state index in [2.05, 4.69) is 56.4 Å². The maximum Gasteiger partial charge on any atom is 0.265 e. The number of anilines is 1. The third-order valence-corrected chi connectivity index (χ3v) is 6.90. The van der Waals surface area contributed by atoms with Crippen molar-refractivity contribution in [2.24, 2.45) is 5.92 Å². The largest absolute Gasteiger partial charge is 0.481 e. The Morgan fingerprint density at radius 2 is 1.62 bits per heavy atom. The molecule has 0 saturated heterocycles. The Labute approximate surface area is 220 Å². The van der Waals surface area contributed by atoms with Crippen LogP contribution in [0, 0.1) is 19.8 Å². The number of hydrogen-bond acceptors (Lipinski definition) is 3. The molecule has 3 aromatic carbocycles. The summed E-state index contributed by atoms with van der Waals surface area (Å²) in [5.41, 5.74) is 6.44. The lowest BCUT2D eigenvalue weighted by atomic mass is 9.87. The Hall–Kier alpha value is -3.60. The van der Waals surface area contributed by atoms with E-state index in [1.54, 1.807) is 0 Å². The van der Waals surface area contributed by atoms with Gasteiger partial charge < -0.3 is 15.0 Å². The Balaban J connectivity index is 1.62. The van der Waals surface area contributed by atoms with Crippen molar-refractivity contribution in [3.8, 4) is 5.75 Å². The van der Waals surface area contributed by atoms with Gasteiger partial charge in [0.25, 0.3) is 5.91 Å². The van der Waals surface area contributed by atoms with E-state index < -0.39 is 6.10 Å². The molecule has 0 radical (unpaired) electrons. The van der Waals surface area contributed by atoms with Crippen LogP contribution in [0.25, 0.3) is 0 Å². The number of fused-ring (bicyclic) bond motifs is 1. The van der Waals surface area contributed by atoms with E-state index in [-0.39, 0.29) is 17.9 Å². The van der Waals surface area contributed by atoms with Crippen LogP contribution in [0.4, 0.5) is 5.69 Å². The van der Waals surface area contributed by atoms with Crippen LogP contribution in [0.2, 0.25) is 0 Å². The number of amides is 2. The predicted molar refractivity (Wildman–Crippen MR) is 149 cm³/mol. The van der Waals surface area contributed by atoms with Gasteiger partial charge in [-0.05, 0) is 73.6 Å². The zero-order chi connectivity index (χ0) is 26.5. The van der Waals surface area contributed by atoms with Crippen LogP contribution >= 0.6 is 0 Å². The van der Waals surface area contributed by atoms with E-state index in [1.807, 2.05) is 55.1 Å².